The molecule has 0 bridgehead atoms. The molecule has 5 heteroatoms. The Morgan fingerprint density at radius 1 is 1.50 bits per heavy atom. The molecule has 2 N–H and O–H groups in total. The van der Waals surface area contributed by atoms with Gasteiger partial charge in [-0.1, -0.05) is 25.1 Å². The number of carbonyl (C=O) groups is 1. The first kappa shape index (κ1) is 15.0. The standard InChI is InChI=1S/C13H18FNO2S/c1-3-11(15)13(18-8-12(16)17-2)9-6-4-5-7-10(9)14/h4-7,11,13H,3,8,15H2,1-2H3. The van der Waals surface area contributed by atoms with Crippen molar-refractivity contribution >= 4 is 17.7 Å². The summed E-state index contributed by atoms with van der Waals surface area (Å²) in [6.07, 6.45) is 0.715. The van der Waals surface area contributed by atoms with Gasteiger partial charge in [-0.2, -0.15) is 0 Å². The van der Waals surface area contributed by atoms with Crippen LogP contribution in [0.4, 0.5) is 4.39 Å². The zero-order valence-electron chi connectivity index (χ0n) is 10.6. The van der Waals surface area contributed by atoms with Crippen LogP contribution in [0.15, 0.2) is 24.3 Å². The summed E-state index contributed by atoms with van der Waals surface area (Å²) in [5.74, 6) is -0.447. The van der Waals surface area contributed by atoms with Gasteiger partial charge in [0.25, 0.3) is 0 Å². The molecule has 1 aromatic rings. The van der Waals surface area contributed by atoms with Crippen LogP contribution in [0.25, 0.3) is 0 Å². The molecule has 1 aromatic carbocycles. The van der Waals surface area contributed by atoms with E-state index in [0.29, 0.717) is 12.0 Å². The fourth-order valence-corrected chi connectivity index (χ4v) is 2.82. The van der Waals surface area contributed by atoms with E-state index in [0.717, 1.165) is 0 Å². The maximum absolute atomic E-state index is 13.8. The van der Waals surface area contributed by atoms with Gasteiger partial charge in [-0.05, 0) is 12.5 Å². The SMILES string of the molecule is CCC(N)C(SCC(=O)OC)c1ccccc1F. The highest BCUT2D eigenvalue weighted by Gasteiger charge is 2.23. The van der Waals surface area contributed by atoms with E-state index >= 15 is 0 Å². The Kier molecular flexibility index (Phi) is 6.15. The van der Waals surface area contributed by atoms with Crippen molar-refractivity contribution < 1.29 is 13.9 Å². The molecule has 0 spiro atoms. The van der Waals surface area contributed by atoms with Crippen LogP contribution in [0, 0.1) is 5.82 Å². The van der Waals surface area contributed by atoms with Crippen molar-refractivity contribution in [1.82, 2.24) is 0 Å². The zero-order valence-corrected chi connectivity index (χ0v) is 11.4. The summed E-state index contributed by atoms with van der Waals surface area (Å²) in [5.41, 5.74) is 6.55. The lowest BCUT2D eigenvalue weighted by molar-refractivity contribution is -0.137. The maximum atomic E-state index is 13.8. The third-order valence-corrected chi connectivity index (χ3v) is 4.05. The van der Waals surface area contributed by atoms with Crippen LogP contribution in [-0.4, -0.2) is 24.9 Å². The minimum Gasteiger partial charge on any atom is -0.468 e. The minimum atomic E-state index is -0.329. The average Bonchev–Trinajstić information content (AvgIpc) is 2.40. The van der Waals surface area contributed by atoms with Gasteiger partial charge in [0.15, 0.2) is 0 Å². The van der Waals surface area contributed by atoms with Crippen LogP contribution in [0.5, 0.6) is 0 Å². The third-order valence-electron chi connectivity index (χ3n) is 2.68. The van der Waals surface area contributed by atoms with Gasteiger partial charge in [-0.3, -0.25) is 4.79 Å². The van der Waals surface area contributed by atoms with Gasteiger partial charge in [0, 0.05) is 16.9 Å². The van der Waals surface area contributed by atoms with E-state index in [1.165, 1.54) is 24.9 Å². The lowest BCUT2D eigenvalue weighted by Gasteiger charge is -2.22. The number of methoxy groups -OCH3 is 1. The Balaban J connectivity index is 2.85. The van der Waals surface area contributed by atoms with Gasteiger partial charge in [-0.15, -0.1) is 11.8 Å². The molecule has 100 valence electrons. The largest absolute Gasteiger partial charge is 0.468 e. The molecule has 0 aromatic heterocycles. The van der Waals surface area contributed by atoms with Crippen molar-refractivity contribution in [3.05, 3.63) is 35.6 Å². The van der Waals surface area contributed by atoms with Crippen LogP contribution in [-0.2, 0) is 9.53 Å². The number of halogens is 1. The van der Waals surface area contributed by atoms with E-state index in [1.807, 2.05) is 6.92 Å². The molecule has 3 nitrogen and oxygen atoms in total. The van der Waals surface area contributed by atoms with Gasteiger partial charge in [0.05, 0.1) is 12.9 Å². The van der Waals surface area contributed by atoms with Crippen molar-refractivity contribution in [2.45, 2.75) is 24.6 Å². The molecule has 0 radical (unpaired) electrons. The molecule has 0 heterocycles. The second kappa shape index (κ2) is 7.38. The molecule has 0 fully saturated rings. The first-order valence-electron chi connectivity index (χ1n) is 5.78. The van der Waals surface area contributed by atoms with Crippen molar-refractivity contribution in [3.8, 4) is 0 Å². The maximum Gasteiger partial charge on any atom is 0.315 e. The van der Waals surface area contributed by atoms with Gasteiger partial charge in [-0.25, -0.2) is 4.39 Å². The van der Waals surface area contributed by atoms with Gasteiger partial charge < -0.3 is 10.5 Å². The van der Waals surface area contributed by atoms with Crippen molar-refractivity contribution in [1.29, 1.82) is 0 Å². The van der Waals surface area contributed by atoms with E-state index < -0.39 is 0 Å². The summed E-state index contributed by atoms with van der Waals surface area (Å²) in [6.45, 7) is 1.94. The molecule has 0 aliphatic rings. The van der Waals surface area contributed by atoms with Crippen LogP contribution in [0.3, 0.4) is 0 Å². The van der Waals surface area contributed by atoms with E-state index in [9.17, 15) is 9.18 Å². The number of hydrogen-bond acceptors (Lipinski definition) is 4. The topological polar surface area (TPSA) is 52.3 Å². The van der Waals surface area contributed by atoms with Gasteiger partial charge >= 0.3 is 5.97 Å². The molecule has 2 atom stereocenters. The fraction of sp³-hybridized carbons (Fsp3) is 0.462. The molecule has 2 unspecified atom stereocenters. The lowest BCUT2D eigenvalue weighted by Crippen LogP contribution is -2.27. The van der Waals surface area contributed by atoms with Gasteiger partial charge in [0.2, 0.25) is 0 Å². The minimum absolute atomic E-state index is 0.170. The quantitative estimate of drug-likeness (QED) is 0.808. The fourth-order valence-electron chi connectivity index (χ4n) is 1.58. The molecule has 1 rings (SSSR count). The Hall–Kier alpha value is -1.07. The molecule has 18 heavy (non-hydrogen) atoms. The Labute approximate surface area is 111 Å². The number of nitrogens with two attached hydrogens (primary N) is 1. The van der Waals surface area contributed by atoms with Crippen LogP contribution in [0.1, 0.15) is 24.2 Å². The molecule has 0 saturated carbocycles. The molecular formula is C13H18FNO2S. The number of ether oxygens (including phenoxy) is 1. The summed E-state index contributed by atoms with van der Waals surface area (Å²) in [5, 5.41) is -0.240. The second-order valence-electron chi connectivity index (χ2n) is 3.90. The van der Waals surface area contributed by atoms with Crippen molar-refractivity contribution in [2.75, 3.05) is 12.9 Å². The summed E-state index contributed by atoms with van der Waals surface area (Å²) in [6, 6.07) is 6.32. The highest BCUT2D eigenvalue weighted by Crippen LogP contribution is 2.34. The van der Waals surface area contributed by atoms with Crippen LogP contribution in [0.2, 0.25) is 0 Å². The predicted octanol–water partition coefficient (Wildman–Crippen LogP) is 2.51. The number of esters is 1. The predicted molar refractivity (Wildman–Crippen MR) is 71.9 cm³/mol. The second-order valence-corrected chi connectivity index (χ2v) is 5.03. The number of hydrogen-bond donors (Lipinski definition) is 1. The Morgan fingerprint density at radius 3 is 2.72 bits per heavy atom. The monoisotopic (exact) mass is 271 g/mol. The van der Waals surface area contributed by atoms with Crippen LogP contribution < -0.4 is 5.73 Å². The summed E-state index contributed by atoms with van der Waals surface area (Å²) < 4.78 is 18.3. The molecule has 0 saturated heterocycles. The summed E-state index contributed by atoms with van der Waals surface area (Å²) >= 11 is 1.31. The van der Waals surface area contributed by atoms with E-state index in [4.69, 9.17) is 5.73 Å². The Bertz CT molecular complexity index is 400. The molecular weight excluding hydrogens is 253 g/mol. The normalized spacial score (nSPS) is 14.0. The molecule has 0 amide bonds. The first-order valence-corrected chi connectivity index (χ1v) is 6.83. The highest BCUT2D eigenvalue weighted by molar-refractivity contribution is 8.00. The zero-order chi connectivity index (χ0) is 13.5. The molecule has 0 aliphatic heterocycles. The van der Waals surface area contributed by atoms with E-state index in [2.05, 4.69) is 4.74 Å². The van der Waals surface area contributed by atoms with Crippen molar-refractivity contribution in [3.63, 3.8) is 0 Å². The van der Waals surface area contributed by atoms with E-state index in [1.54, 1.807) is 18.2 Å². The van der Waals surface area contributed by atoms with Gasteiger partial charge in [0.1, 0.15) is 5.82 Å². The smallest absolute Gasteiger partial charge is 0.315 e. The number of carbonyl (C=O) groups excluding carboxylic acids is 1. The molecule has 0 aliphatic carbocycles. The summed E-state index contributed by atoms with van der Waals surface area (Å²) in [4.78, 5) is 11.2. The Morgan fingerprint density at radius 2 is 2.17 bits per heavy atom. The summed E-state index contributed by atoms with van der Waals surface area (Å²) in [7, 11) is 1.33. The number of thioether (sulfide) groups is 1. The average molecular weight is 271 g/mol. The van der Waals surface area contributed by atoms with Crippen LogP contribution >= 0.6 is 11.8 Å². The first-order chi connectivity index (χ1) is 8.60. The number of rotatable bonds is 6. The van der Waals surface area contributed by atoms with E-state index in [-0.39, 0.29) is 28.8 Å². The third kappa shape index (κ3) is 3.99. The number of benzene rings is 1. The lowest BCUT2D eigenvalue weighted by atomic mass is 10.0. The highest BCUT2D eigenvalue weighted by atomic mass is 32.2. The van der Waals surface area contributed by atoms with Crippen molar-refractivity contribution in [2.24, 2.45) is 5.73 Å².